The molecule has 0 aliphatic carbocycles. The van der Waals surface area contributed by atoms with Crippen molar-refractivity contribution in [3.63, 3.8) is 0 Å². The van der Waals surface area contributed by atoms with Crippen LogP contribution in [0.4, 0.5) is 0 Å². The van der Waals surface area contributed by atoms with Crippen molar-refractivity contribution < 1.29 is 19.4 Å². The highest BCUT2D eigenvalue weighted by Crippen LogP contribution is 2.39. The quantitative estimate of drug-likeness (QED) is 0.547. The summed E-state index contributed by atoms with van der Waals surface area (Å²) in [6.45, 7) is 5.69. The number of carbonyl (C=O) groups is 1. The highest BCUT2D eigenvalue weighted by Gasteiger charge is 2.25. The van der Waals surface area contributed by atoms with Gasteiger partial charge in [-0.15, -0.1) is 5.10 Å². The van der Waals surface area contributed by atoms with Crippen molar-refractivity contribution in [1.29, 1.82) is 0 Å². The predicted molar refractivity (Wildman–Crippen MR) is 122 cm³/mol. The van der Waals surface area contributed by atoms with Gasteiger partial charge in [0.15, 0.2) is 12.4 Å². The molecule has 2 aromatic carbocycles. The van der Waals surface area contributed by atoms with Crippen molar-refractivity contribution in [3.8, 4) is 22.8 Å². The standard InChI is InChI=1S/C25H28N2O5/c1-5-18-12-16(3)13-19(6-2)21(18)22-23(31-14-17-10-8-7-9-11-17)24(32-15-20(28)29)26-27(4)25(22)30/h7-13H,5-6,14-15H2,1-4H3,(H,28,29). The number of nitrogens with zero attached hydrogens (tertiary/aromatic N) is 2. The Bertz CT molecular complexity index is 1140. The van der Waals surface area contributed by atoms with Gasteiger partial charge in [-0.25, -0.2) is 9.48 Å². The molecule has 0 atom stereocenters. The lowest BCUT2D eigenvalue weighted by molar-refractivity contribution is -0.139. The molecule has 3 aromatic rings. The molecular formula is C25H28N2O5. The summed E-state index contributed by atoms with van der Waals surface area (Å²) in [5.41, 5.74) is 4.85. The van der Waals surface area contributed by atoms with Gasteiger partial charge < -0.3 is 14.6 Å². The lowest BCUT2D eigenvalue weighted by Crippen LogP contribution is -2.25. The average molecular weight is 437 g/mol. The number of benzene rings is 2. The van der Waals surface area contributed by atoms with Crippen LogP contribution in [0.3, 0.4) is 0 Å². The summed E-state index contributed by atoms with van der Waals surface area (Å²) < 4.78 is 12.7. The molecule has 1 heterocycles. The highest BCUT2D eigenvalue weighted by atomic mass is 16.5. The van der Waals surface area contributed by atoms with Gasteiger partial charge in [0.2, 0.25) is 0 Å². The van der Waals surface area contributed by atoms with Gasteiger partial charge in [-0.1, -0.05) is 61.9 Å². The van der Waals surface area contributed by atoms with E-state index in [-0.39, 0.29) is 23.8 Å². The summed E-state index contributed by atoms with van der Waals surface area (Å²) >= 11 is 0. The zero-order valence-electron chi connectivity index (χ0n) is 18.8. The topological polar surface area (TPSA) is 90.7 Å². The first kappa shape index (κ1) is 23.1. The second-order valence-corrected chi connectivity index (χ2v) is 7.56. The smallest absolute Gasteiger partial charge is 0.341 e. The Kier molecular flexibility index (Phi) is 7.30. The molecule has 0 fully saturated rings. The zero-order valence-corrected chi connectivity index (χ0v) is 18.8. The van der Waals surface area contributed by atoms with E-state index in [1.165, 1.54) is 11.7 Å². The SMILES string of the molecule is CCc1cc(C)cc(CC)c1-c1c(OCc2ccccc2)c(OCC(=O)O)nn(C)c1=O. The van der Waals surface area contributed by atoms with Crippen LogP contribution < -0.4 is 15.0 Å². The number of carboxylic acid groups (broad SMARTS) is 1. The zero-order chi connectivity index (χ0) is 23.3. The second-order valence-electron chi connectivity index (χ2n) is 7.56. The molecule has 1 aromatic heterocycles. The van der Waals surface area contributed by atoms with Gasteiger partial charge >= 0.3 is 5.97 Å². The maximum absolute atomic E-state index is 13.4. The minimum Gasteiger partial charge on any atom is -0.482 e. The van der Waals surface area contributed by atoms with Gasteiger partial charge in [0.05, 0.1) is 5.56 Å². The third-order valence-electron chi connectivity index (χ3n) is 5.19. The molecule has 0 unspecified atom stereocenters. The number of aryl methyl sites for hydroxylation is 4. The summed E-state index contributed by atoms with van der Waals surface area (Å²) in [6, 6.07) is 13.6. The molecule has 32 heavy (non-hydrogen) atoms. The monoisotopic (exact) mass is 436 g/mol. The van der Waals surface area contributed by atoms with Crippen molar-refractivity contribution in [1.82, 2.24) is 9.78 Å². The molecule has 3 rings (SSSR count). The molecule has 0 bridgehead atoms. The normalized spacial score (nSPS) is 10.8. The lowest BCUT2D eigenvalue weighted by Gasteiger charge is -2.20. The summed E-state index contributed by atoms with van der Waals surface area (Å²) in [5.74, 6) is -1.01. The average Bonchev–Trinajstić information content (AvgIpc) is 2.78. The van der Waals surface area contributed by atoms with Crippen molar-refractivity contribution in [2.75, 3.05) is 6.61 Å². The van der Waals surface area contributed by atoms with E-state index >= 15 is 0 Å². The summed E-state index contributed by atoms with van der Waals surface area (Å²) in [7, 11) is 1.52. The number of aliphatic carboxylic acids is 1. The van der Waals surface area contributed by atoms with E-state index in [1.54, 1.807) is 0 Å². The van der Waals surface area contributed by atoms with Gasteiger partial charge in [-0.3, -0.25) is 4.79 Å². The lowest BCUT2D eigenvalue weighted by atomic mass is 9.90. The number of hydrogen-bond donors (Lipinski definition) is 1. The van der Waals surface area contributed by atoms with Crippen molar-refractivity contribution in [3.05, 3.63) is 75.1 Å². The molecule has 0 radical (unpaired) electrons. The number of hydrogen-bond acceptors (Lipinski definition) is 5. The first-order valence-corrected chi connectivity index (χ1v) is 10.6. The van der Waals surface area contributed by atoms with Crippen LogP contribution in [0.15, 0.2) is 47.3 Å². The molecule has 0 saturated carbocycles. The number of ether oxygens (including phenoxy) is 2. The Balaban J connectivity index is 2.26. The molecule has 7 heteroatoms. The van der Waals surface area contributed by atoms with Crippen LogP contribution in [-0.2, 0) is 31.3 Å². The molecule has 0 aliphatic rings. The molecule has 0 spiro atoms. The van der Waals surface area contributed by atoms with E-state index in [0.717, 1.165) is 40.7 Å². The van der Waals surface area contributed by atoms with Crippen molar-refractivity contribution in [2.24, 2.45) is 7.05 Å². The van der Waals surface area contributed by atoms with Gasteiger partial charge in [0.1, 0.15) is 6.61 Å². The molecular weight excluding hydrogens is 408 g/mol. The fourth-order valence-electron chi connectivity index (χ4n) is 3.72. The Morgan fingerprint density at radius 3 is 2.22 bits per heavy atom. The first-order chi connectivity index (χ1) is 15.3. The highest BCUT2D eigenvalue weighted by molar-refractivity contribution is 5.78. The molecule has 0 aliphatic heterocycles. The fourth-order valence-corrected chi connectivity index (χ4v) is 3.72. The van der Waals surface area contributed by atoms with Gasteiger partial charge in [-0.05, 0) is 42.0 Å². The summed E-state index contributed by atoms with van der Waals surface area (Å²) in [5, 5.41) is 13.3. The van der Waals surface area contributed by atoms with E-state index in [9.17, 15) is 9.59 Å². The van der Waals surface area contributed by atoms with Crippen LogP contribution in [0, 0.1) is 6.92 Å². The summed E-state index contributed by atoms with van der Waals surface area (Å²) in [4.78, 5) is 24.5. The van der Waals surface area contributed by atoms with E-state index in [4.69, 9.17) is 14.6 Å². The first-order valence-electron chi connectivity index (χ1n) is 10.6. The van der Waals surface area contributed by atoms with Crippen LogP contribution >= 0.6 is 0 Å². The molecule has 0 amide bonds. The Labute approximate surface area is 187 Å². The molecule has 1 N–H and O–H groups in total. The Morgan fingerprint density at radius 1 is 1.03 bits per heavy atom. The second kappa shape index (κ2) is 10.1. The number of aromatic nitrogens is 2. The number of carboxylic acids is 1. The van der Waals surface area contributed by atoms with Crippen LogP contribution in [0.25, 0.3) is 11.1 Å². The van der Waals surface area contributed by atoms with Crippen LogP contribution in [0.2, 0.25) is 0 Å². The maximum Gasteiger partial charge on any atom is 0.341 e. The number of rotatable bonds is 9. The summed E-state index contributed by atoms with van der Waals surface area (Å²) in [6.07, 6.45) is 1.44. The third-order valence-corrected chi connectivity index (χ3v) is 5.19. The predicted octanol–water partition coefficient (Wildman–Crippen LogP) is 3.92. The van der Waals surface area contributed by atoms with E-state index in [2.05, 4.69) is 17.2 Å². The minimum absolute atomic E-state index is 0.0230. The molecule has 7 nitrogen and oxygen atoms in total. The van der Waals surface area contributed by atoms with Crippen LogP contribution in [-0.4, -0.2) is 27.5 Å². The van der Waals surface area contributed by atoms with E-state index in [0.29, 0.717) is 5.56 Å². The van der Waals surface area contributed by atoms with Gasteiger partial charge in [-0.2, -0.15) is 0 Å². The fraction of sp³-hybridized carbons (Fsp3) is 0.320. The minimum atomic E-state index is -1.14. The molecule has 0 saturated heterocycles. The Morgan fingerprint density at radius 2 is 1.66 bits per heavy atom. The van der Waals surface area contributed by atoms with Crippen molar-refractivity contribution in [2.45, 2.75) is 40.2 Å². The van der Waals surface area contributed by atoms with Gasteiger partial charge in [0, 0.05) is 7.05 Å². The van der Waals surface area contributed by atoms with Crippen molar-refractivity contribution >= 4 is 5.97 Å². The van der Waals surface area contributed by atoms with E-state index < -0.39 is 12.6 Å². The third kappa shape index (κ3) is 4.99. The maximum atomic E-state index is 13.4. The molecule has 168 valence electrons. The van der Waals surface area contributed by atoms with Gasteiger partial charge in [0.25, 0.3) is 11.4 Å². The van der Waals surface area contributed by atoms with Crippen LogP contribution in [0.5, 0.6) is 11.6 Å². The van der Waals surface area contributed by atoms with Crippen LogP contribution in [0.1, 0.15) is 36.1 Å². The Hall–Kier alpha value is -3.61. The van der Waals surface area contributed by atoms with E-state index in [1.807, 2.05) is 51.1 Å². The largest absolute Gasteiger partial charge is 0.482 e.